The number of nitrogen functional groups attached to an aromatic ring is 1. The van der Waals surface area contributed by atoms with Crippen molar-refractivity contribution in [3.63, 3.8) is 0 Å². The number of nitrogens with two attached hydrogens (primary N) is 1. The number of aromatic nitrogens is 2. The molecule has 0 saturated heterocycles. The molecule has 0 fully saturated rings. The average molecular weight is 339 g/mol. The molecule has 7 nitrogen and oxygen atoms in total. The van der Waals surface area contributed by atoms with E-state index in [0.29, 0.717) is 11.4 Å². The third-order valence-corrected chi connectivity index (χ3v) is 4.11. The van der Waals surface area contributed by atoms with Gasteiger partial charge in [-0.2, -0.15) is 5.26 Å². The van der Waals surface area contributed by atoms with Crippen LogP contribution in [0, 0.1) is 11.3 Å². The minimum atomic E-state index is -0.250. The number of hydrogen-bond donors (Lipinski definition) is 2. The van der Waals surface area contributed by atoms with Crippen molar-refractivity contribution in [1.82, 2.24) is 9.97 Å². The molecule has 0 aliphatic heterocycles. The van der Waals surface area contributed by atoms with E-state index in [0.717, 1.165) is 53.9 Å². The second-order valence-electron chi connectivity index (χ2n) is 5.90. The van der Waals surface area contributed by atoms with Gasteiger partial charge in [0.25, 0.3) is 6.47 Å². The lowest BCUT2D eigenvalue weighted by atomic mass is 9.87. The molecule has 2 aromatic heterocycles. The molecule has 2 aromatic rings. The highest BCUT2D eigenvalue weighted by molar-refractivity contribution is 5.79. The lowest BCUT2D eigenvalue weighted by Crippen LogP contribution is -2.12. The lowest BCUT2D eigenvalue weighted by Gasteiger charge is -2.21. The van der Waals surface area contributed by atoms with Gasteiger partial charge in [-0.05, 0) is 43.4 Å². The van der Waals surface area contributed by atoms with E-state index < -0.39 is 0 Å². The number of hydrogen-bond acceptors (Lipinski definition) is 6. The van der Waals surface area contributed by atoms with Crippen LogP contribution in [-0.2, 0) is 17.6 Å². The van der Waals surface area contributed by atoms with Crippen molar-refractivity contribution in [2.24, 2.45) is 0 Å². The Morgan fingerprint density at radius 3 is 2.56 bits per heavy atom. The summed E-state index contributed by atoms with van der Waals surface area (Å²) >= 11 is 0. The number of fused-ring (bicyclic) bond motifs is 1. The molecule has 1 aliphatic rings. The van der Waals surface area contributed by atoms with Crippen molar-refractivity contribution < 1.29 is 9.90 Å². The number of anilines is 2. The minimum Gasteiger partial charge on any atom is -0.483 e. The fourth-order valence-electron chi connectivity index (χ4n) is 2.99. The summed E-state index contributed by atoms with van der Waals surface area (Å²) in [6.07, 6.45) is 5.95. The highest BCUT2D eigenvalue weighted by Gasteiger charge is 2.22. The van der Waals surface area contributed by atoms with Crippen LogP contribution >= 0.6 is 0 Å². The standard InChI is InChI=1S/C17H19N5.CH2O2/c1-22(2)15-8-7-11(10-20-15)16-12-5-3-4-6-14(12)21-17(19)13(16)9-18;2-1-3/h7-8,10H,3-6H2,1-2H3,(H2,19,21);1H,(H,2,3). The summed E-state index contributed by atoms with van der Waals surface area (Å²) in [7, 11) is 3.91. The maximum atomic E-state index is 9.51. The number of nitriles is 1. The first kappa shape index (κ1) is 18.2. The summed E-state index contributed by atoms with van der Waals surface area (Å²) in [5.41, 5.74) is 10.5. The van der Waals surface area contributed by atoms with E-state index in [9.17, 15) is 5.26 Å². The monoisotopic (exact) mass is 339 g/mol. The Balaban J connectivity index is 0.000000701. The van der Waals surface area contributed by atoms with E-state index >= 15 is 0 Å². The number of nitrogens with zero attached hydrogens (tertiary/aromatic N) is 4. The van der Waals surface area contributed by atoms with Crippen molar-refractivity contribution in [1.29, 1.82) is 5.26 Å². The molecular weight excluding hydrogens is 318 g/mol. The predicted molar refractivity (Wildman–Crippen MR) is 96.3 cm³/mol. The second-order valence-corrected chi connectivity index (χ2v) is 5.90. The SMILES string of the molecule is CN(C)c1ccc(-c2c(C#N)c(N)nc3c2CCCC3)cn1.O=CO. The summed E-state index contributed by atoms with van der Waals surface area (Å²) in [5.74, 6) is 1.22. The highest BCUT2D eigenvalue weighted by Crippen LogP contribution is 2.35. The molecule has 3 rings (SSSR count). The van der Waals surface area contributed by atoms with Crippen LogP contribution in [-0.4, -0.2) is 35.6 Å². The van der Waals surface area contributed by atoms with Gasteiger partial charge < -0.3 is 15.7 Å². The molecule has 0 saturated carbocycles. The largest absolute Gasteiger partial charge is 0.483 e. The van der Waals surface area contributed by atoms with E-state index in [1.54, 1.807) is 0 Å². The fourth-order valence-corrected chi connectivity index (χ4v) is 2.99. The third-order valence-electron chi connectivity index (χ3n) is 4.11. The first-order valence-corrected chi connectivity index (χ1v) is 7.96. The van der Waals surface area contributed by atoms with E-state index in [2.05, 4.69) is 16.0 Å². The minimum absolute atomic E-state index is 0.250. The molecule has 0 atom stereocenters. The van der Waals surface area contributed by atoms with Gasteiger partial charge in [-0.1, -0.05) is 0 Å². The summed E-state index contributed by atoms with van der Waals surface area (Å²) in [6, 6.07) is 6.19. The van der Waals surface area contributed by atoms with E-state index in [-0.39, 0.29) is 6.47 Å². The van der Waals surface area contributed by atoms with Crippen LogP contribution in [0.5, 0.6) is 0 Å². The zero-order valence-corrected chi connectivity index (χ0v) is 14.4. The van der Waals surface area contributed by atoms with Crippen molar-refractivity contribution in [2.75, 3.05) is 24.7 Å². The molecule has 0 aromatic carbocycles. The first-order chi connectivity index (χ1) is 12.0. The van der Waals surface area contributed by atoms with E-state index in [1.165, 1.54) is 0 Å². The molecule has 0 unspecified atom stereocenters. The Kier molecular flexibility index (Phi) is 5.90. The Morgan fingerprint density at radius 2 is 2.00 bits per heavy atom. The summed E-state index contributed by atoms with van der Waals surface area (Å²) < 4.78 is 0. The van der Waals surface area contributed by atoms with Crippen molar-refractivity contribution >= 4 is 18.1 Å². The first-order valence-electron chi connectivity index (χ1n) is 7.96. The lowest BCUT2D eigenvalue weighted by molar-refractivity contribution is -0.122. The van der Waals surface area contributed by atoms with Crippen LogP contribution in [0.1, 0.15) is 29.7 Å². The van der Waals surface area contributed by atoms with Gasteiger partial charge in [0.05, 0.1) is 0 Å². The van der Waals surface area contributed by atoms with Gasteiger partial charge in [0.15, 0.2) is 0 Å². The van der Waals surface area contributed by atoms with Gasteiger partial charge in [0, 0.05) is 37.1 Å². The molecule has 3 N–H and O–H groups in total. The van der Waals surface area contributed by atoms with Crippen LogP contribution in [0.3, 0.4) is 0 Å². The quantitative estimate of drug-likeness (QED) is 0.806. The molecule has 0 radical (unpaired) electrons. The van der Waals surface area contributed by atoms with Gasteiger partial charge in [0.1, 0.15) is 23.3 Å². The van der Waals surface area contributed by atoms with Crippen LogP contribution in [0.15, 0.2) is 18.3 Å². The van der Waals surface area contributed by atoms with E-state index in [1.807, 2.05) is 37.3 Å². The summed E-state index contributed by atoms with van der Waals surface area (Å²) in [4.78, 5) is 19.2. The predicted octanol–water partition coefficient (Wildman–Crippen LogP) is 2.24. The Labute approximate surface area is 146 Å². The van der Waals surface area contributed by atoms with Gasteiger partial charge in [-0.3, -0.25) is 4.79 Å². The smallest absolute Gasteiger partial charge is 0.290 e. The molecule has 0 amide bonds. The van der Waals surface area contributed by atoms with Gasteiger partial charge in [-0.15, -0.1) is 0 Å². The van der Waals surface area contributed by atoms with Gasteiger partial charge in [0.2, 0.25) is 0 Å². The maximum Gasteiger partial charge on any atom is 0.290 e. The fraction of sp³-hybridized carbons (Fsp3) is 0.333. The van der Waals surface area contributed by atoms with E-state index in [4.69, 9.17) is 15.6 Å². The number of carbonyl (C=O) groups is 1. The summed E-state index contributed by atoms with van der Waals surface area (Å²) in [5, 5.41) is 16.4. The molecule has 25 heavy (non-hydrogen) atoms. The van der Waals surface area contributed by atoms with Crippen LogP contribution in [0.2, 0.25) is 0 Å². The highest BCUT2D eigenvalue weighted by atomic mass is 16.3. The van der Waals surface area contributed by atoms with Crippen LogP contribution in [0.25, 0.3) is 11.1 Å². The summed E-state index contributed by atoms with van der Waals surface area (Å²) in [6.45, 7) is -0.250. The van der Waals surface area contributed by atoms with Gasteiger partial charge in [-0.25, -0.2) is 9.97 Å². The Morgan fingerprint density at radius 1 is 1.32 bits per heavy atom. The third kappa shape index (κ3) is 3.86. The molecule has 0 bridgehead atoms. The number of rotatable bonds is 2. The average Bonchev–Trinajstić information content (AvgIpc) is 2.61. The zero-order valence-electron chi connectivity index (χ0n) is 14.4. The Hall–Kier alpha value is -3.14. The van der Waals surface area contributed by atoms with Crippen LogP contribution in [0.4, 0.5) is 11.6 Å². The van der Waals surface area contributed by atoms with Crippen molar-refractivity contribution in [3.8, 4) is 17.2 Å². The van der Waals surface area contributed by atoms with Crippen LogP contribution < -0.4 is 10.6 Å². The molecular formula is C18H21N5O2. The molecule has 7 heteroatoms. The topological polar surface area (TPSA) is 116 Å². The second kappa shape index (κ2) is 8.11. The molecule has 130 valence electrons. The maximum absolute atomic E-state index is 9.51. The zero-order chi connectivity index (χ0) is 18.4. The molecule has 2 heterocycles. The number of pyridine rings is 2. The molecule has 1 aliphatic carbocycles. The number of aryl methyl sites for hydroxylation is 1. The molecule has 0 spiro atoms. The van der Waals surface area contributed by atoms with Gasteiger partial charge >= 0.3 is 0 Å². The number of carboxylic acid groups (broad SMARTS) is 1. The van der Waals surface area contributed by atoms with Crippen molar-refractivity contribution in [2.45, 2.75) is 25.7 Å². The normalized spacial score (nSPS) is 12.2. The Bertz CT molecular complexity index is 795. The van der Waals surface area contributed by atoms with Crippen molar-refractivity contribution in [3.05, 3.63) is 35.2 Å².